The second-order valence-electron chi connectivity index (χ2n) is 9.32. The van der Waals surface area contributed by atoms with E-state index in [1.807, 2.05) is 18.2 Å². The van der Waals surface area contributed by atoms with Crippen LogP contribution in [0.2, 0.25) is 0 Å². The Morgan fingerprint density at radius 1 is 1.28 bits per heavy atom. The zero-order chi connectivity index (χ0) is 24.8. The number of ether oxygens (including phenoxy) is 2. The summed E-state index contributed by atoms with van der Waals surface area (Å²) in [5.74, 6) is 0.401. The lowest BCUT2D eigenvalue weighted by Gasteiger charge is -2.32. The van der Waals surface area contributed by atoms with Crippen LogP contribution in [0, 0.1) is 0 Å². The number of nitrogens with one attached hydrogen (secondary N) is 2. The van der Waals surface area contributed by atoms with Crippen LogP contribution in [0.4, 0.5) is 5.82 Å². The van der Waals surface area contributed by atoms with Gasteiger partial charge >= 0.3 is 0 Å². The van der Waals surface area contributed by atoms with E-state index >= 15 is 0 Å². The summed E-state index contributed by atoms with van der Waals surface area (Å²) in [6.45, 7) is 1.19. The highest BCUT2D eigenvalue weighted by Crippen LogP contribution is 2.35. The smallest absolute Gasteiger partial charge is 0.257 e. The largest absolute Gasteiger partial charge is 0.391 e. The molecule has 0 spiro atoms. The van der Waals surface area contributed by atoms with Gasteiger partial charge in [-0.05, 0) is 31.4 Å². The van der Waals surface area contributed by atoms with E-state index in [1.54, 1.807) is 24.9 Å². The van der Waals surface area contributed by atoms with Crippen LogP contribution >= 0.6 is 0 Å². The van der Waals surface area contributed by atoms with E-state index in [2.05, 4.69) is 31.5 Å². The van der Waals surface area contributed by atoms with Gasteiger partial charge in [-0.1, -0.05) is 0 Å². The molecule has 3 N–H and O–H groups in total. The van der Waals surface area contributed by atoms with Crippen LogP contribution in [0.15, 0.2) is 36.8 Å². The number of pyridine rings is 1. The second kappa shape index (κ2) is 9.16. The van der Waals surface area contributed by atoms with E-state index in [4.69, 9.17) is 14.5 Å². The molecular weight excluding hydrogens is 462 g/mol. The van der Waals surface area contributed by atoms with E-state index in [1.165, 1.54) is 6.20 Å². The van der Waals surface area contributed by atoms with Crippen LogP contribution in [-0.4, -0.2) is 80.8 Å². The summed E-state index contributed by atoms with van der Waals surface area (Å²) in [7, 11) is 3.51. The minimum absolute atomic E-state index is 0.0765. The molecule has 11 heteroatoms. The van der Waals surface area contributed by atoms with Crippen LogP contribution < -0.4 is 10.6 Å². The molecule has 1 saturated carbocycles. The van der Waals surface area contributed by atoms with Crippen LogP contribution in [-0.2, 0) is 9.47 Å². The number of hydrogen-bond donors (Lipinski definition) is 3. The Labute approximate surface area is 207 Å². The van der Waals surface area contributed by atoms with Gasteiger partial charge in [0.15, 0.2) is 5.65 Å². The number of methoxy groups -OCH3 is 1. The Morgan fingerprint density at radius 3 is 2.92 bits per heavy atom. The average Bonchev–Trinajstić information content (AvgIpc) is 3.52. The van der Waals surface area contributed by atoms with Crippen molar-refractivity contribution in [3.63, 3.8) is 0 Å². The molecule has 4 aromatic heterocycles. The van der Waals surface area contributed by atoms with Gasteiger partial charge in [0.25, 0.3) is 5.91 Å². The van der Waals surface area contributed by atoms with Crippen molar-refractivity contribution in [1.29, 1.82) is 0 Å². The number of carbonyl (C=O) groups is 1. The Bertz CT molecular complexity index is 1430. The van der Waals surface area contributed by atoms with Gasteiger partial charge in [0.05, 0.1) is 36.7 Å². The number of carbonyl (C=O) groups excluding carboxylic acids is 1. The normalized spacial score (nSPS) is 24.1. The van der Waals surface area contributed by atoms with Gasteiger partial charge in [0.1, 0.15) is 23.1 Å². The minimum atomic E-state index is -0.507. The molecule has 2 fully saturated rings. The maximum atomic E-state index is 13.0. The first-order valence-corrected chi connectivity index (χ1v) is 12.2. The Hall–Kier alpha value is -3.54. The summed E-state index contributed by atoms with van der Waals surface area (Å²) in [4.78, 5) is 22.6. The molecule has 11 nitrogen and oxygen atoms in total. The molecule has 0 aromatic carbocycles. The van der Waals surface area contributed by atoms with Crippen molar-refractivity contribution in [3.8, 4) is 11.3 Å². The van der Waals surface area contributed by atoms with E-state index in [0.29, 0.717) is 42.4 Å². The number of aliphatic hydroxyl groups is 1. The lowest BCUT2D eigenvalue weighted by molar-refractivity contribution is -0.0592. The number of aliphatic hydroxyl groups excluding tert-OH is 1. The lowest BCUT2D eigenvalue weighted by Crippen LogP contribution is -2.50. The number of fused-ring (bicyclic) bond motifs is 2. The quantitative estimate of drug-likeness (QED) is 0.374. The molecule has 6 rings (SSSR count). The molecule has 0 bridgehead atoms. The summed E-state index contributed by atoms with van der Waals surface area (Å²) in [6.07, 6.45) is 7.04. The molecule has 5 heterocycles. The summed E-state index contributed by atoms with van der Waals surface area (Å²) in [6, 6.07) is 5.70. The molecule has 1 unspecified atom stereocenters. The zero-order valence-electron chi connectivity index (χ0n) is 20.2. The first-order chi connectivity index (χ1) is 17.6. The number of amides is 1. The van der Waals surface area contributed by atoms with Gasteiger partial charge in [-0.3, -0.25) is 4.79 Å². The third kappa shape index (κ3) is 3.71. The summed E-state index contributed by atoms with van der Waals surface area (Å²) >= 11 is 0. The first-order valence-electron chi connectivity index (χ1n) is 12.2. The highest BCUT2D eigenvalue weighted by Gasteiger charge is 2.32. The van der Waals surface area contributed by atoms with Crippen molar-refractivity contribution in [2.24, 2.45) is 0 Å². The third-order valence-electron chi connectivity index (χ3n) is 7.32. The highest BCUT2D eigenvalue weighted by molar-refractivity contribution is 6.01. The van der Waals surface area contributed by atoms with Crippen molar-refractivity contribution < 1.29 is 19.4 Å². The standard InChI is InChI=1S/C25H29N7O4/c1-26-22-10-18(29-24-15(11-28-32(22)24)25(34)30-17-5-6-20(17)33)16-12-31(23-14(16)4-3-8-27-23)19-7-9-36-13-21(19)35-2/h3-4,8,10-12,17,19-21,26,33H,5-7,9,13H2,1-2H3,(H,30,34)/t17?,19-,20+,21+/m1/s1. The first kappa shape index (κ1) is 22.9. The Morgan fingerprint density at radius 2 is 2.17 bits per heavy atom. The molecule has 0 radical (unpaired) electrons. The Balaban J connectivity index is 1.47. The molecule has 2 aliphatic rings. The summed E-state index contributed by atoms with van der Waals surface area (Å²) in [5.41, 5.74) is 3.25. The zero-order valence-corrected chi connectivity index (χ0v) is 20.2. The van der Waals surface area contributed by atoms with E-state index in [-0.39, 0.29) is 24.1 Å². The molecule has 1 aliphatic heterocycles. The molecule has 1 aliphatic carbocycles. The number of hydrogen-bond acceptors (Lipinski definition) is 8. The van der Waals surface area contributed by atoms with Crippen molar-refractivity contribution >= 4 is 28.4 Å². The van der Waals surface area contributed by atoms with Crippen molar-refractivity contribution in [1.82, 2.24) is 29.5 Å². The third-order valence-corrected chi connectivity index (χ3v) is 7.32. The van der Waals surface area contributed by atoms with E-state index in [0.717, 1.165) is 29.4 Å². The number of nitrogens with zero attached hydrogens (tertiary/aromatic N) is 5. The fraction of sp³-hybridized carbons (Fsp3) is 0.440. The van der Waals surface area contributed by atoms with Crippen molar-refractivity contribution in [2.45, 2.75) is 43.6 Å². The van der Waals surface area contributed by atoms with Crippen LogP contribution in [0.25, 0.3) is 27.9 Å². The van der Waals surface area contributed by atoms with Crippen LogP contribution in [0.3, 0.4) is 0 Å². The maximum Gasteiger partial charge on any atom is 0.257 e. The van der Waals surface area contributed by atoms with Crippen LogP contribution in [0.1, 0.15) is 35.7 Å². The minimum Gasteiger partial charge on any atom is -0.391 e. The van der Waals surface area contributed by atoms with E-state index < -0.39 is 6.10 Å². The topological polar surface area (TPSA) is 128 Å². The maximum absolute atomic E-state index is 13.0. The molecule has 188 valence electrons. The molecule has 1 saturated heterocycles. The summed E-state index contributed by atoms with van der Waals surface area (Å²) < 4.78 is 15.1. The SMILES string of the molecule is CNc1cc(-c2cn([C@@H]3CCOC[C@@H]3OC)c3ncccc23)nc2c(C(=O)NC3CC[C@@H]3O)cnn12. The van der Waals surface area contributed by atoms with Crippen molar-refractivity contribution in [3.05, 3.63) is 42.4 Å². The predicted molar refractivity (Wildman–Crippen MR) is 133 cm³/mol. The average molecular weight is 492 g/mol. The highest BCUT2D eigenvalue weighted by atomic mass is 16.5. The number of rotatable bonds is 6. The van der Waals surface area contributed by atoms with Gasteiger partial charge in [0, 0.05) is 50.2 Å². The molecule has 36 heavy (non-hydrogen) atoms. The van der Waals surface area contributed by atoms with Crippen molar-refractivity contribution in [2.75, 3.05) is 32.7 Å². The Kier molecular flexibility index (Phi) is 5.82. The van der Waals surface area contributed by atoms with Gasteiger partial charge in [-0.2, -0.15) is 9.61 Å². The van der Waals surface area contributed by atoms with Gasteiger partial charge in [-0.15, -0.1) is 0 Å². The second-order valence-corrected chi connectivity index (χ2v) is 9.32. The van der Waals surface area contributed by atoms with Gasteiger partial charge < -0.3 is 29.8 Å². The molecular formula is C25H29N7O4. The van der Waals surface area contributed by atoms with Gasteiger partial charge in [-0.25, -0.2) is 9.97 Å². The number of anilines is 1. The fourth-order valence-corrected chi connectivity index (χ4v) is 5.12. The van der Waals surface area contributed by atoms with Crippen LogP contribution in [0.5, 0.6) is 0 Å². The molecule has 4 atom stereocenters. The number of aromatic nitrogens is 5. The monoisotopic (exact) mass is 491 g/mol. The van der Waals surface area contributed by atoms with E-state index in [9.17, 15) is 9.90 Å². The molecule has 1 amide bonds. The lowest BCUT2D eigenvalue weighted by atomic mass is 9.89. The van der Waals surface area contributed by atoms with Gasteiger partial charge in [0.2, 0.25) is 0 Å². The summed E-state index contributed by atoms with van der Waals surface area (Å²) in [5, 5.41) is 21.3. The molecule has 4 aromatic rings. The predicted octanol–water partition coefficient (Wildman–Crippen LogP) is 2.02. The fourth-order valence-electron chi connectivity index (χ4n) is 5.12.